The van der Waals surface area contributed by atoms with Gasteiger partial charge in [0.2, 0.25) is 5.91 Å². The van der Waals surface area contributed by atoms with Crippen molar-refractivity contribution in [3.05, 3.63) is 34.1 Å². The maximum atomic E-state index is 13.6. The van der Waals surface area contributed by atoms with E-state index in [0.717, 1.165) is 23.4 Å². The minimum atomic E-state index is -0.197. The summed E-state index contributed by atoms with van der Waals surface area (Å²) in [4.78, 5) is 11.5. The van der Waals surface area contributed by atoms with E-state index in [4.69, 9.17) is 0 Å². The van der Waals surface area contributed by atoms with Crippen molar-refractivity contribution in [3.8, 4) is 0 Å². The van der Waals surface area contributed by atoms with E-state index in [1.807, 2.05) is 6.07 Å². The lowest BCUT2D eigenvalue weighted by atomic mass is 10.1. The van der Waals surface area contributed by atoms with E-state index in [1.165, 1.54) is 18.9 Å². The van der Waals surface area contributed by atoms with Crippen LogP contribution >= 0.6 is 28.3 Å². The summed E-state index contributed by atoms with van der Waals surface area (Å²) in [7, 11) is 0. The molecule has 3 nitrogen and oxygen atoms in total. The number of hydrogen-bond donors (Lipinski definition) is 2. The van der Waals surface area contributed by atoms with Gasteiger partial charge in [-0.1, -0.05) is 22.0 Å². The molecule has 118 valence electrons. The number of hydrogen-bond acceptors (Lipinski definition) is 2. The first-order chi connectivity index (χ1) is 9.65. The molecule has 1 aromatic rings. The highest BCUT2D eigenvalue weighted by atomic mass is 79.9. The highest BCUT2D eigenvalue weighted by Gasteiger charge is 2.20. The van der Waals surface area contributed by atoms with Crippen LogP contribution < -0.4 is 10.6 Å². The second-order valence-electron chi connectivity index (χ2n) is 5.26. The van der Waals surface area contributed by atoms with Crippen molar-refractivity contribution >= 4 is 34.2 Å². The van der Waals surface area contributed by atoms with Gasteiger partial charge in [-0.15, -0.1) is 12.4 Å². The zero-order valence-corrected chi connectivity index (χ0v) is 14.2. The predicted molar refractivity (Wildman–Crippen MR) is 88.3 cm³/mol. The summed E-state index contributed by atoms with van der Waals surface area (Å²) in [5, 5.41) is 5.99. The third-order valence-electron chi connectivity index (χ3n) is 3.38. The SMILES string of the molecule is Cl.O=C(CNCC1CC1)NCCCc1ccc(Br)cc1F. The van der Waals surface area contributed by atoms with Crippen LogP contribution in [0.25, 0.3) is 0 Å². The highest BCUT2D eigenvalue weighted by molar-refractivity contribution is 9.10. The number of halogens is 3. The monoisotopic (exact) mass is 378 g/mol. The van der Waals surface area contributed by atoms with Crippen LogP contribution in [0.3, 0.4) is 0 Å². The summed E-state index contributed by atoms with van der Waals surface area (Å²) in [6, 6.07) is 5.08. The van der Waals surface area contributed by atoms with E-state index in [0.29, 0.717) is 25.1 Å². The van der Waals surface area contributed by atoms with E-state index < -0.39 is 0 Å². The molecule has 1 fully saturated rings. The molecule has 2 rings (SSSR count). The third kappa shape index (κ3) is 7.25. The van der Waals surface area contributed by atoms with Crippen molar-refractivity contribution in [2.45, 2.75) is 25.7 Å². The summed E-state index contributed by atoms with van der Waals surface area (Å²) in [5.74, 6) is 0.599. The minimum Gasteiger partial charge on any atom is -0.355 e. The average Bonchev–Trinajstić information content (AvgIpc) is 3.21. The Bertz CT molecular complexity index is 469. The fraction of sp³-hybridized carbons (Fsp3) is 0.533. The van der Waals surface area contributed by atoms with Gasteiger partial charge in [0.05, 0.1) is 6.54 Å². The molecular formula is C15H21BrClFN2O. The van der Waals surface area contributed by atoms with E-state index in [-0.39, 0.29) is 24.1 Å². The topological polar surface area (TPSA) is 41.1 Å². The Hall–Kier alpha value is -0.650. The van der Waals surface area contributed by atoms with Gasteiger partial charge >= 0.3 is 0 Å². The van der Waals surface area contributed by atoms with Crippen LogP contribution in [-0.4, -0.2) is 25.5 Å². The average molecular weight is 380 g/mol. The first kappa shape index (κ1) is 18.4. The van der Waals surface area contributed by atoms with Crippen molar-refractivity contribution in [2.24, 2.45) is 5.92 Å². The van der Waals surface area contributed by atoms with Gasteiger partial charge < -0.3 is 10.6 Å². The first-order valence-corrected chi connectivity index (χ1v) is 7.86. The molecule has 2 N–H and O–H groups in total. The Morgan fingerprint density at radius 1 is 1.38 bits per heavy atom. The molecule has 0 heterocycles. The fourth-order valence-corrected chi connectivity index (χ4v) is 2.34. The predicted octanol–water partition coefficient (Wildman–Crippen LogP) is 3.06. The van der Waals surface area contributed by atoms with Gasteiger partial charge in [0, 0.05) is 11.0 Å². The van der Waals surface area contributed by atoms with Crippen LogP contribution in [0.2, 0.25) is 0 Å². The number of benzene rings is 1. The van der Waals surface area contributed by atoms with E-state index in [2.05, 4.69) is 26.6 Å². The summed E-state index contributed by atoms with van der Waals surface area (Å²) in [5.41, 5.74) is 0.689. The van der Waals surface area contributed by atoms with Crippen molar-refractivity contribution in [3.63, 3.8) is 0 Å². The summed E-state index contributed by atoms with van der Waals surface area (Å²) in [6.07, 6.45) is 3.95. The Morgan fingerprint density at radius 3 is 2.81 bits per heavy atom. The largest absolute Gasteiger partial charge is 0.355 e. The molecule has 0 aliphatic heterocycles. The van der Waals surface area contributed by atoms with Crippen molar-refractivity contribution in [2.75, 3.05) is 19.6 Å². The van der Waals surface area contributed by atoms with Gasteiger partial charge in [-0.2, -0.15) is 0 Å². The molecule has 0 saturated heterocycles. The lowest BCUT2D eigenvalue weighted by Gasteiger charge is -2.07. The smallest absolute Gasteiger partial charge is 0.233 e. The number of rotatable bonds is 8. The number of carbonyl (C=O) groups is 1. The molecule has 1 aliphatic carbocycles. The van der Waals surface area contributed by atoms with Crippen LogP contribution in [-0.2, 0) is 11.2 Å². The zero-order chi connectivity index (χ0) is 14.4. The second kappa shape index (κ2) is 9.38. The van der Waals surface area contributed by atoms with Crippen LogP contribution in [0, 0.1) is 11.7 Å². The van der Waals surface area contributed by atoms with Crippen molar-refractivity contribution < 1.29 is 9.18 Å². The van der Waals surface area contributed by atoms with Gasteiger partial charge in [-0.05, 0) is 55.8 Å². The summed E-state index contributed by atoms with van der Waals surface area (Å²) in [6.45, 7) is 1.90. The molecule has 0 aromatic heterocycles. The van der Waals surface area contributed by atoms with Crippen LogP contribution in [0.1, 0.15) is 24.8 Å². The molecule has 6 heteroatoms. The van der Waals surface area contributed by atoms with Gasteiger partial charge in [0.1, 0.15) is 5.82 Å². The maximum absolute atomic E-state index is 13.6. The maximum Gasteiger partial charge on any atom is 0.233 e. The highest BCUT2D eigenvalue weighted by Crippen LogP contribution is 2.27. The van der Waals surface area contributed by atoms with Gasteiger partial charge in [-0.25, -0.2) is 4.39 Å². The molecule has 1 aliphatic rings. The van der Waals surface area contributed by atoms with Gasteiger partial charge in [0.15, 0.2) is 0 Å². The Balaban J connectivity index is 0.00000220. The lowest BCUT2D eigenvalue weighted by molar-refractivity contribution is -0.120. The zero-order valence-electron chi connectivity index (χ0n) is 11.8. The second-order valence-corrected chi connectivity index (χ2v) is 6.18. The lowest BCUT2D eigenvalue weighted by Crippen LogP contribution is -2.35. The molecule has 0 radical (unpaired) electrons. The third-order valence-corrected chi connectivity index (χ3v) is 3.87. The molecule has 0 atom stereocenters. The number of nitrogens with one attached hydrogen (secondary N) is 2. The minimum absolute atomic E-state index is 0. The number of aryl methyl sites for hydroxylation is 1. The molecule has 21 heavy (non-hydrogen) atoms. The molecule has 1 aromatic carbocycles. The number of carbonyl (C=O) groups excluding carboxylic acids is 1. The van der Waals surface area contributed by atoms with E-state index in [9.17, 15) is 9.18 Å². The number of amides is 1. The molecule has 1 amide bonds. The summed E-state index contributed by atoms with van der Waals surface area (Å²) >= 11 is 3.23. The molecule has 0 unspecified atom stereocenters. The Morgan fingerprint density at radius 2 is 2.14 bits per heavy atom. The Labute approximate surface area is 139 Å². The quantitative estimate of drug-likeness (QED) is 0.682. The van der Waals surface area contributed by atoms with E-state index >= 15 is 0 Å². The fourth-order valence-electron chi connectivity index (χ4n) is 2.01. The molecule has 0 bridgehead atoms. The van der Waals surface area contributed by atoms with Crippen LogP contribution in [0.15, 0.2) is 22.7 Å². The van der Waals surface area contributed by atoms with Crippen molar-refractivity contribution in [1.82, 2.24) is 10.6 Å². The normalized spacial score (nSPS) is 13.6. The van der Waals surface area contributed by atoms with Crippen molar-refractivity contribution in [1.29, 1.82) is 0 Å². The first-order valence-electron chi connectivity index (χ1n) is 7.06. The van der Waals surface area contributed by atoms with Gasteiger partial charge in [-0.3, -0.25) is 4.79 Å². The van der Waals surface area contributed by atoms with E-state index in [1.54, 1.807) is 6.07 Å². The van der Waals surface area contributed by atoms with Crippen LogP contribution in [0.5, 0.6) is 0 Å². The van der Waals surface area contributed by atoms with Crippen LogP contribution in [0.4, 0.5) is 4.39 Å². The Kier molecular flexibility index (Phi) is 8.22. The standard InChI is InChI=1S/C15H20BrFN2O.ClH/c16-13-6-5-12(14(17)8-13)2-1-7-19-15(20)10-18-9-11-3-4-11;/h5-6,8,11,18H,1-4,7,9-10H2,(H,19,20);1H. The summed E-state index contributed by atoms with van der Waals surface area (Å²) < 4.78 is 14.3. The molecular weight excluding hydrogens is 359 g/mol. The molecule has 1 saturated carbocycles. The van der Waals surface area contributed by atoms with Gasteiger partial charge in [0.25, 0.3) is 0 Å². The molecule has 0 spiro atoms.